The van der Waals surface area contributed by atoms with Crippen LogP contribution in [0.1, 0.15) is 31.1 Å². The second-order valence-corrected chi connectivity index (χ2v) is 4.39. The van der Waals surface area contributed by atoms with Crippen LogP contribution in [0.5, 0.6) is 0 Å². The standard InChI is InChI=1S/C12H16F3NO/c1-7(2)10(16)11(17)8-4-3-5-9(6-8)12(13,14)15/h3-7,10-11,17H,16H2,1-2H3/t10-,11-/m1/s1. The van der Waals surface area contributed by atoms with Gasteiger partial charge < -0.3 is 10.8 Å². The number of hydrogen-bond acceptors (Lipinski definition) is 2. The van der Waals surface area contributed by atoms with E-state index in [-0.39, 0.29) is 11.5 Å². The van der Waals surface area contributed by atoms with Crippen molar-refractivity contribution >= 4 is 0 Å². The summed E-state index contributed by atoms with van der Waals surface area (Å²) in [5.41, 5.74) is 5.14. The van der Waals surface area contributed by atoms with Crippen LogP contribution in [0, 0.1) is 5.92 Å². The Labute approximate surface area is 98.3 Å². The first-order valence-corrected chi connectivity index (χ1v) is 5.34. The maximum Gasteiger partial charge on any atom is 0.416 e. The first-order chi connectivity index (χ1) is 7.73. The number of benzene rings is 1. The highest BCUT2D eigenvalue weighted by Gasteiger charge is 2.31. The number of aliphatic hydroxyl groups excluding tert-OH is 1. The number of aliphatic hydroxyl groups is 1. The van der Waals surface area contributed by atoms with E-state index >= 15 is 0 Å². The van der Waals surface area contributed by atoms with Crippen LogP contribution in [0.3, 0.4) is 0 Å². The molecule has 3 N–H and O–H groups in total. The average Bonchev–Trinajstić information content (AvgIpc) is 2.26. The summed E-state index contributed by atoms with van der Waals surface area (Å²) in [6, 6.07) is 4.04. The van der Waals surface area contributed by atoms with Crippen molar-refractivity contribution in [2.24, 2.45) is 11.7 Å². The molecule has 0 aromatic heterocycles. The zero-order valence-electron chi connectivity index (χ0n) is 9.70. The van der Waals surface area contributed by atoms with E-state index < -0.39 is 23.9 Å². The Hall–Kier alpha value is -1.07. The van der Waals surface area contributed by atoms with Crippen molar-refractivity contribution in [2.75, 3.05) is 0 Å². The highest BCUT2D eigenvalue weighted by Crippen LogP contribution is 2.31. The van der Waals surface area contributed by atoms with Crippen molar-refractivity contribution in [1.82, 2.24) is 0 Å². The average molecular weight is 247 g/mol. The maximum absolute atomic E-state index is 12.5. The van der Waals surface area contributed by atoms with E-state index in [9.17, 15) is 18.3 Å². The molecule has 96 valence electrons. The van der Waals surface area contributed by atoms with E-state index in [4.69, 9.17) is 5.73 Å². The minimum Gasteiger partial charge on any atom is -0.387 e. The highest BCUT2D eigenvalue weighted by atomic mass is 19.4. The number of rotatable bonds is 3. The van der Waals surface area contributed by atoms with Gasteiger partial charge in [0.1, 0.15) is 0 Å². The van der Waals surface area contributed by atoms with Crippen LogP contribution in [0.2, 0.25) is 0 Å². The zero-order chi connectivity index (χ0) is 13.2. The summed E-state index contributed by atoms with van der Waals surface area (Å²) in [4.78, 5) is 0. The van der Waals surface area contributed by atoms with Gasteiger partial charge in [0.25, 0.3) is 0 Å². The highest BCUT2D eigenvalue weighted by molar-refractivity contribution is 5.28. The van der Waals surface area contributed by atoms with Gasteiger partial charge in [-0.15, -0.1) is 0 Å². The van der Waals surface area contributed by atoms with Gasteiger partial charge in [0.2, 0.25) is 0 Å². The van der Waals surface area contributed by atoms with Gasteiger partial charge in [-0.1, -0.05) is 26.0 Å². The molecule has 17 heavy (non-hydrogen) atoms. The van der Waals surface area contributed by atoms with Crippen LogP contribution in [-0.2, 0) is 6.18 Å². The molecule has 0 amide bonds. The molecule has 0 unspecified atom stereocenters. The van der Waals surface area contributed by atoms with Gasteiger partial charge in [-0.05, 0) is 23.6 Å². The first-order valence-electron chi connectivity index (χ1n) is 5.34. The van der Waals surface area contributed by atoms with Crippen molar-refractivity contribution < 1.29 is 18.3 Å². The van der Waals surface area contributed by atoms with Crippen molar-refractivity contribution in [1.29, 1.82) is 0 Å². The van der Waals surface area contributed by atoms with Crippen LogP contribution in [-0.4, -0.2) is 11.1 Å². The van der Waals surface area contributed by atoms with Crippen molar-refractivity contribution in [2.45, 2.75) is 32.2 Å². The largest absolute Gasteiger partial charge is 0.416 e. The molecule has 0 radical (unpaired) electrons. The third-order valence-electron chi connectivity index (χ3n) is 2.69. The molecule has 1 aromatic rings. The summed E-state index contributed by atoms with van der Waals surface area (Å²) >= 11 is 0. The third-order valence-corrected chi connectivity index (χ3v) is 2.69. The molecular weight excluding hydrogens is 231 g/mol. The number of alkyl halides is 3. The first kappa shape index (κ1) is 14.0. The van der Waals surface area contributed by atoms with E-state index in [1.807, 2.05) is 13.8 Å². The Bertz CT molecular complexity index is 376. The van der Waals surface area contributed by atoms with Crippen LogP contribution < -0.4 is 5.73 Å². The number of hydrogen-bond donors (Lipinski definition) is 2. The fraction of sp³-hybridized carbons (Fsp3) is 0.500. The molecule has 0 saturated heterocycles. The predicted molar refractivity (Wildman–Crippen MR) is 59.2 cm³/mol. The van der Waals surface area contributed by atoms with Crippen LogP contribution in [0.15, 0.2) is 24.3 Å². The lowest BCUT2D eigenvalue weighted by Crippen LogP contribution is -2.33. The monoisotopic (exact) mass is 247 g/mol. The second-order valence-electron chi connectivity index (χ2n) is 4.39. The van der Waals surface area contributed by atoms with E-state index in [1.54, 1.807) is 0 Å². The summed E-state index contributed by atoms with van der Waals surface area (Å²) in [7, 11) is 0. The molecule has 2 nitrogen and oxygen atoms in total. The Kier molecular flexibility index (Phi) is 4.16. The lowest BCUT2D eigenvalue weighted by molar-refractivity contribution is -0.137. The lowest BCUT2D eigenvalue weighted by Gasteiger charge is -2.23. The molecule has 0 aliphatic heterocycles. The van der Waals surface area contributed by atoms with Gasteiger partial charge in [-0.3, -0.25) is 0 Å². The van der Waals surface area contributed by atoms with Gasteiger partial charge in [-0.25, -0.2) is 0 Å². The van der Waals surface area contributed by atoms with E-state index in [1.165, 1.54) is 12.1 Å². The van der Waals surface area contributed by atoms with Gasteiger partial charge in [0, 0.05) is 6.04 Å². The molecule has 0 spiro atoms. The molecule has 0 bridgehead atoms. The van der Waals surface area contributed by atoms with Gasteiger partial charge in [-0.2, -0.15) is 13.2 Å². The third kappa shape index (κ3) is 3.44. The summed E-state index contributed by atoms with van der Waals surface area (Å²) in [5, 5.41) is 9.86. The smallest absolute Gasteiger partial charge is 0.387 e. The SMILES string of the molecule is CC(C)[C@@H](N)[C@H](O)c1cccc(C(F)(F)F)c1. The predicted octanol–water partition coefficient (Wildman–Crippen LogP) is 2.72. The lowest BCUT2D eigenvalue weighted by atomic mass is 9.93. The molecule has 5 heteroatoms. The van der Waals surface area contributed by atoms with Crippen molar-refractivity contribution in [3.05, 3.63) is 35.4 Å². The summed E-state index contributed by atoms with van der Waals surface area (Å²) < 4.78 is 37.4. The fourth-order valence-electron chi connectivity index (χ4n) is 1.49. The maximum atomic E-state index is 12.5. The van der Waals surface area contributed by atoms with E-state index in [0.29, 0.717) is 0 Å². The molecule has 0 aliphatic rings. The molecule has 2 atom stereocenters. The molecule has 1 aromatic carbocycles. The molecule has 0 heterocycles. The molecule has 0 saturated carbocycles. The summed E-state index contributed by atoms with van der Waals surface area (Å²) in [6.45, 7) is 3.61. The molecule has 0 fully saturated rings. The topological polar surface area (TPSA) is 46.2 Å². The van der Waals surface area contributed by atoms with Crippen molar-refractivity contribution in [3.63, 3.8) is 0 Å². The quantitative estimate of drug-likeness (QED) is 0.862. The minimum absolute atomic E-state index is 0.0143. The van der Waals surface area contributed by atoms with Gasteiger partial charge >= 0.3 is 6.18 Å². The minimum atomic E-state index is -4.41. The molecule has 1 rings (SSSR count). The van der Waals surface area contributed by atoms with Crippen LogP contribution in [0.25, 0.3) is 0 Å². The van der Waals surface area contributed by atoms with E-state index in [0.717, 1.165) is 12.1 Å². The Morgan fingerprint density at radius 3 is 2.29 bits per heavy atom. The fourth-order valence-corrected chi connectivity index (χ4v) is 1.49. The van der Waals surface area contributed by atoms with Gasteiger partial charge in [0.15, 0.2) is 0 Å². The van der Waals surface area contributed by atoms with Crippen LogP contribution in [0.4, 0.5) is 13.2 Å². The molecular formula is C12H16F3NO. The molecule has 0 aliphatic carbocycles. The van der Waals surface area contributed by atoms with Crippen molar-refractivity contribution in [3.8, 4) is 0 Å². The summed E-state index contributed by atoms with van der Waals surface area (Å²) in [5.74, 6) is -0.0143. The summed E-state index contributed by atoms with van der Waals surface area (Å²) in [6.07, 6.45) is -5.49. The van der Waals surface area contributed by atoms with Crippen LogP contribution >= 0.6 is 0 Å². The number of halogens is 3. The Morgan fingerprint density at radius 2 is 1.82 bits per heavy atom. The van der Waals surface area contributed by atoms with E-state index in [2.05, 4.69) is 0 Å². The normalized spacial score (nSPS) is 16.0. The second kappa shape index (κ2) is 5.06. The van der Waals surface area contributed by atoms with Gasteiger partial charge in [0.05, 0.1) is 11.7 Å². The zero-order valence-corrected chi connectivity index (χ0v) is 9.70. The Balaban J connectivity index is 3.00. The Morgan fingerprint density at radius 1 is 1.24 bits per heavy atom. The number of nitrogens with two attached hydrogens (primary N) is 1.